The lowest BCUT2D eigenvalue weighted by Crippen LogP contribution is -2.07. The normalized spacial score (nSPS) is 10.9. The molecule has 0 aliphatic rings. The lowest BCUT2D eigenvalue weighted by Gasteiger charge is -2.12. The van der Waals surface area contributed by atoms with Crippen molar-refractivity contribution < 1.29 is 9.47 Å². The molecule has 2 rings (SSSR count). The van der Waals surface area contributed by atoms with Crippen LogP contribution in [0.1, 0.15) is 12.0 Å². The average Bonchev–Trinajstić information content (AvgIpc) is 2.41. The van der Waals surface area contributed by atoms with Gasteiger partial charge >= 0.3 is 0 Å². The predicted octanol–water partition coefficient (Wildman–Crippen LogP) is 2.59. The number of rotatable bonds is 4. The van der Waals surface area contributed by atoms with E-state index in [-0.39, 0.29) is 0 Å². The first-order chi connectivity index (χ1) is 8.74. The Morgan fingerprint density at radius 1 is 1.11 bits per heavy atom. The third-order valence-electron chi connectivity index (χ3n) is 2.30. The van der Waals surface area contributed by atoms with Crippen LogP contribution in [0.4, 0.5) is 0 Å². The standard InChI is InChI=1S/C12H12BrN3O2/c1-17-12(18-2)10-5-6-14-11(16-10)9-4-3-8(13)7-15-9/h3-7,12H,1-2H3. The molecule has 0 bridgehead atoms. The van der Waals surface area contributed by atoms with Crippen molar-refractivity contribution >= 4 is 15.9 Å². The van der Waals surface area contributed by atoms with Crippen LogP contribution in [-0.2, 0) is 9.47 Å². The molecule has 2 heterocycles. The van der Waals surface area contributed by atoms with Gasteiger partial charge in [0, 0.05) is 31.1 Å². The number of halogens is 1. The minimum Gasteiger partial charge on any atom is -0.350 e. The molecule has 0 atom stereocenters. The topological polar surface area (TPSA) is 57.1 Å². The first-order valence-corrected chi connectivity index (χ1v) is 6.04. The summed E-state index contributed by atoms with van der Waals surface area (Å²) >= 11 is 3.33. The average molecular weight is 310 g/mol. The summed E-state index contributed by atoms with van der Waals surface area (Å²) in [5.74, 6) is 0.541. The smallest absolute Gasteiger partial charge is 0.200 e. The molecule has 0 radical (unpaired) electrons. The summed E-state index contributed by atoms with van der Waals surface area (Å²) in [6.45, 7) is 0. The zero-order valence-corrected chi connectivity index (χ0v) is 11.6. The largest absolute Gasteiger partial charge is 0.350 e. The van der Waals surface area contributed by atoms with Gasteiger partial charge < -0.3 is 9.47 Å². The maximum Gasteiger partial charge on any atom is 0.200 e. The number of methoxy groups -OCH3 is 2. The van der Waals surface area contributed by atoms with Crippen LogP contribution < -0.4 is 0 Å². The molecule has 0 aromatic carbocycles. The fourth-order valence-corrected chi connectivity index (χ4v) is 1.71. The summed E-state index contributed by atoms with van der Waals surface area (Å²) in [7, 11) is 3.13. The molecule has 0 fully saturated rings. The van der Waals surface area contributed by atoms with Crippen LogP contribution in [0.2, 0.25) is 0 Å². The molecule has 2 aromatic heterocycles. The molecule has 0 spiro atoms. The van der Waals surface area contributed by atoms with E-state index in [4.69, 9.17) is 9.47 Å². The highest BCUT2D eigenvalue weighted by Crippen LogP contribution is 2.19. The Morgan fingerprint density at radius 3 is 2.50 bits per heavy atom. The number of ether oxygens (including phenoxy) is 2. The summed E-state index contributed by atoms with van der Waals surface area (Å²) in [4.78, 5) is 12.8. The van der Waals surface area contributed by atoms with E-state index >= 15 is 0 Å². The highest BCUT2D eigenvalue weighted by molar-refractivity contribution is 9.10. The van der Waals surface area contributed by atoms with Gasteiger partial charge in [-0.15, -0.1) is 0 Å². The third kappa shape index (κ3) is 2.90. The first kappa shape index (κ1) is 13.1. The summed E-state index contributed by atoms with van der Waals surface area (Å²) in [6, 6.07) is 5.49. The monoisotopic (exact) mass is 309 g/mol. The second kappa shape index (κ2) is 5.99. The Kier molecular flexibility index (Phi) is 4.35. The van der Waals surface area contributed by atoms with E-state index in [9.17, 15) is 0 Å². The third-order valence-corrected chi connectivity index (χ3v) is 2.77. The van der Waals surface area contributed by atoms with Crippen molar-refractivity contribution in [2.75, 3.05) is 14.2 Å². The minimum absolute atomic E-state index is 0.498. The van der Waals surface area contributed by atoms with Crippen molar-refractivity contribution in [2.45, 2.75) is 6.29 Å². The summed E-state index contributed by atoms with van der Waals surface area (Å²) in [5.41, 5.74) is 1.36. The van der Waals surface area contributed by atoms with Gasteiger partial charge in [0.1, 0.15) is 11.4 Å². The molecule has 94 valence electrons. The lowest BCUT2D eigenvalue weighted by molar-refractivity contribution is -0.108. The number of aromatic nitrogens is 3. The summed E-state index contributed by atoms with van der Waals surface area (Å²) in [5, 5.41) is 0. The van der Waals surface area contributed by atoms with Crippen LogP contribution in [0, 0.1) is 0 Å². The van der Waals surface area contributed by atoms with Crippen molar-refractivity contribution in [3.05, 3.63) is 40.8 Å². The molecule has 5 nitrogen and oxygen atoms in total. The Labute approximate surface area is 113 Å². The van der Waals surface area contributed by atoms with Crippen LogP contribution in [0.5, 0.6) is 0 Å². The van der Waals surface area contributed by atoms with Gasteiger partial charge in [-0.25, -0.2) is 9.97 Å². The molecule has 18 heavy (non-hydrogen) atoms. The molecule has 0 aliphatic carbocycles. The molecule has 0 N–H and O–H groups in total. The molecule has 0 aliphatic heterocycles. The van der Waals surface area contributed by atoms with Crippen molar-refractivity contribution in [2.24, 2.45) is 0 Å². The quantitative estimate of drug-likeness (QED) is 0.813. The van der Waals surface area contributed by atoms with E-state index < -0.39 is 6.29 Å². The van der Waals surface area contributed by atoms with Crippen molar-refractivity contribution in [1.82, 2.24) is 15.0 Å². The molecule has 0 saturated heterocycles. The van der Waals surface area contributed by atoms with Crippen LogP contribution in [0.3, 0.4) is 0 Å². The van der Waals surface area contributed by atoms with Gasteiger partial charge in [-0.3, -0.25) is 4.98 Å². The molecule has 2 aromatic rings. The number of hydrogen-bond donors (Lipinski definition) is 0. The van der Waals surface area contributed by atoms with Gasteiger partial charge in [0.05, 0.1) is 0 Å². The van der Waals surface area contributed by atoms with Gasteiger partial charge in [-0.1, -0.05) is 0 Å². The zero-order chi connectivity index (χ0) is 13.0. The van der Waals surface area contributed by atoms with Gasteiger partial charge in [0.15, 0.2) is 5.82 Å². The van der Waals surface area contributed by atoms with E-state index in [0.29, 0.717) is 17.2 Å². The van der Waals surface area contributed by atoms with Crippen LogP contribution >= 0.6 is 15.9 Å². The fraction of sp³-hybridized carbons (Fsp3) is 0.250. The number of hydrogen-bond acceptors (Lipinski definition) is 5. The van der Waals surface area contributed by atoms with Crippen molar-refractivity contribution in [3.8, 4) is 11.5 Å². The second-order valence-corrected chi connectivity index (χ2v) is 4.39. The zero-order valence-electron chi connectivity index (χ0n) is 10.0. The maximum absolute atomic E-state index is 5.16. The van der Waals surface area contributed by atoms with E-state index in [1.54, 1.807) is 32.7 Å². The van der Waals surface area contributed by atoms with Crippen molar-refractivity contribution in [1.29, 1.82) is 0 Å². The van der Waals surface area contributed by atoms with E-state index in [2.05, 4.69) is 30.9 Å². The van der Waals surface area contributed by atoms with Gasteiger partial charge in [0.2, 0.25) is 6.29 Å². The Bertz CT molecular complexity index is 515. The molecule has 0 saturated carbocycles. The highest BCUT2D eigenvalue weighted by Gasteiger charge is 2.12. The Hall–Kier alpha value is -1.37. The second-order valence-electron chi connectivity index (χ2n) is 3.47. The minimum atomic E-state index is -0.498. The molecule has 6 heteroatoms. The van der Waals surface area contributed by atoms with Crippen LogP contribution in [0.25, 0.3) is 11.5 Å². The lowest BCUT2D eigenvalue weighted by atomic mass is 10.3. The molecular weight excluding hydrogens is 298 g/mol. The van der Waals surface area contributed by atoms with Crippen LogP contribution in [-0.4, -0.2) is 29.2 Å². The van der Waals surface area contributed by atoms with Crippen LogP contribution in [0.15, 0.2) is 35.1 Å². The first-order valence-electron chi connectivity index (χ1n) is 5.25. The van der Waals surface area contributed by atoms with Gasteiger partial charge in [-0.05, 0) is 34.1 Å². The van der Waals surface area contributed by atoms with Crippen molar-refractivity contribution in [3.63, 3.8) is 0 Å². The summed E-state index contributed by atoms with van der Waals surface area (Å²) in [6.07, 6.45) is 2.87. The molecular formula is C12H12BrN3O2. The van der Waals surface area contributed by atoms with Gasteiger partial charge in [-0.2, -0.15) is 0 Å². The molecule has 0 unspecified atom stereocenters. The fourth-order valence-electron chi connectivity index (χ4n) is 1.47. The van der Waals surface area contributed by atoms with Gasteiger partial charge in [0.25, 0.3) is 0 Å². The van der Waals surface area contributed by atoms with E-state index in [1.807, 2.05) is 12.1 Å². The molecule has 0 amide bonds. The SMILES string of the molecule is COC(OC)c1ccnc(-c2ccc(Br)cn2)n1. The maximum atomic E-state index is 5.16. The Balaban J connectivity index is 2.34. The summed E-state index contributed by atoms with van der Waals surface area (Å²) < 4.78 is 11.2. The number of pyridine rings is 1. The predicted molar refractivity (Wildman–Crippen MR) is 69.7 cm³/mol. The van der Waals surface area contributed by atoms with E-state index in [0.717, 1.165) is 4.47 Å². The number of nitrogens with zero attached hydrogens (tertiary/aromatic N) is 3. The Morgan fingerprint density at radius 2 is 1.89 bits per heavy atom. The van der Waals surface area contributed by atoms with E-state index in [1.165, 1.54) is 0 Å². The highest BCUT2D eigenvalue weighted by atomic mass is 79.9.